The Morgan fingerprint density at radius 1 is 1.09 bits per heavy atom. The lowest BCUT2D eigenvalue weighted by Gasteiger charge is -2.03. The van der Waals surface area contributed by atoms with Gasteiger partial charge in [-0.25, -0.2) is 5.43 Å². The Kier molecular flexibility index (Phi) is 4.41. The lowest BCUT2D eigenvalue weighted by atomic mass is 10.1. The highest BCUT2D eigenvalue weighted by Crippen LogP contribution is 2.24. The number of hydrogen-bond donors (Lipinski definition) is 4. The monoisotopic (exact) mass is 317 g/mol. The van der Waals surface area contributed by atoms with E-state index in [4.69, 9.17) is 5.11 Å². The molecule has 0 unspecified atom stereocenters. The SMILES string of the molecule is O=C(NN=Cc1ccc(O)c(O)c1)c1cc([N+](=O)[O-])ccc1O. The third-order valence-corrected chi connectivity index (χ3v) is 2.81. The van der Waals surface area contributed by atoms with Crippen molar-refractivity contribution in [1.29, 1.82) is 0 Å². The quantitative estimate of drug-likeness (QED) is 0.291. The molecule has 2 rings (SSSR count). The fraction of sp³-hybridized carbons (Fsp3) is 0. The maximum atomic E-state index is 11.9. The topological polar surface area (TPSA) is 145 Å². The molecule has 0 saturated carbocycles. The van der Waals surface area contributed by atoms with Crippen LogP contribution >= 0.6 is 0 Å². The van der Waals surface area contributed by atoms with E-state index < -0.39 is 16.6 Å². The van der Waals surface area contributed by atoms with E-state index >= 15 is 0 Å². The molecule has 0 spiro atoms. The first-order valence-corrected chi connectivity index (χ1v) is 6.21. The van der Waals surface area contributed by atoms with Crippen LogP contribution in [0.15, 0.2) is 41.5 Å². The number of nitrogens with one attached hydrogen (secondary N) is 1. The first-order chi connectivity index (χ1) is 10.9. The molecule has 0 saturated heterocycles. The van der Waals surface area contributed by atoms with Gasteiger partial charge in [-0.3, -0.25) is 14.9 Å². The summed E-state index contributed by atoms with van der Waals surface area (Å²) in [6.07, 6.45) is 1.19. The number of rotatable bonds is 4. The molecular weight excluding hydrogens is 306 g/mol. The summed E-state index contributed by atoms with van der Waals surface area (Å²) in [6.45, 7) is 0. The molecule has 23 heavy (non-hydrogen) atoms. The Balaban J connectivity index is 2.13. The predicted molar refractivity (Wildman–Crippen MR) is 79.6 cm³/mol. The number of carbonyl (C=O) groups excluding carboxylic acids is 1. The highest BCUT2D eigenvalue weighted by Gasteiger charge is 2.15. The summed E-state index contributed by atoms with van der Waals surface area (Å²) in [4.78, 5) is 21.8. The summed E-state index contributed by atoms with van der Waals surface area (Å²) in [6, 6.07) is 6.92. The summed E-state index contributed by atoms with van der Waals surface area (Å²) < 4.78 is 0. The average Bonchev–Trinajstić information content (AvgIpc) is 2.51. The van der Waals surface area contributed by atoms with Gasteiger partial charge in [0.05, 0.1) is 16.7 Å². The van der Waals surface area contributed by atoms with Crippen LogP contribution in [0.1, 0.15) is 15.9 Å². The van der Waals surface area contributed by atoms with Gasteiger partial charge in [0.25, 0.3) is 11.6 Å². The Morgan fingerprint density at radius 3 is 2.43 bits per heavy atom. The largest absolute Gasteiger partial charge is 0.507 e. The van der Waals surface area contributed by atoms with E-state index in [1.807, 2.05) is 0 Å². The Hall–Kier alpha value is -3.62. The minimum absolute atomic E-state index is 0.298. The third kappa shape index (κ3) is 3.73. The molecule has 2 aromatic carbocycles. The van der Waals surface area contributed by atoms with Crippen LogP contribution < -0.4 is 5.43 Å². The minimum atomic E-state index is -0.842. The van der Waals surface area contributed by atoms with E-state index in [0.29, 0.717) is 5.56 Å². The Labute approximate surface area is 129 Å². The van der Waals surface area contributed by atoms with E-state index in [2.05, 4.69) is 10.5 Å². The van der Waals surface area contributed by atoms with E-state index in [-0.39, 0.29) is 22.7 Å². The van der Waals surface area contributed by atoms with Crippen LogP contribution in [0.25, 0.3) is 0 Å². The second-order valence-corrected chi connectivity index (χ2v) is 4.41. The van der Waals surface area contributed by atoms with Crippen molar-refractivity contribution in [2.24, 2.45) is 5.10 Å². The van der Waals surface area contributed by atoms with E-state index in [1.54, 1.807) is 0 Å². The van der Waals surface area contributed by atoms with Crippen molar-refractivity contribution in [2.75, 3.05) is 0 Å². The van der Waals surface area contributed by atoms with Crippen molar-refractivity contribution in [3.8, 4) is 17.2 Å². The number of phenolic OH excluding ortho intramolecular Hbond substituents is 3. The van der Waals surface area contributed by atoms with Crippen LogP contribution in [0.4, 0.5) is 5.69 Å². The molecule has 9 heteroatoms. The smallest absolute Gasteiger partial charge is 0.275 e. The maximum absolute atomic E-state index is 11.9. The second-order valence-electron chi connectivity index (χ2n) is 4.41. The molecule has 0 atom stereocenters. The van der Waals surface area contributed by atoms with Gasteiger partial charge in [0, 0.05) is 12.1 Å². The molecule has 0 aromatic heterocycles. The molecule has 9 nitrogen and oxygen atoms in total. The molecule has 0 radical (unpaired) electrons. The molecule has 0 bridgehead atoms. The first kappa shape index (κ1) is 15.8. The van der Waals surface area contributed by atoms with Crippen molar-refractivity contribution >= 4 is 17.8 Å². The lowest BCUT2D eigenvalue weighted by Crippen LogP contribution is -2.17. The zero-order valence-electron chi connectivity index (χ0n) is 11.5. The van der Waals surface area contributed by atoms with Crippen LogP contribution in [0.2, 0.25) is 0 Å². The van der Waals surface area contributed by atoms with Gasteiger partial charge in [0.15, 0.2) is 11.5 Å². The molecule has 0 aliphatic rings. The van der Waals surface area contributed by atoms with Crippen molar-refractivity contribution in [1.82, 2.24) is 5.43 Å². The van der Waals surface area contributed by atoms with Gasteiger partial charge in [-0.15, -0.1) is 0 Å². The summed E-state index contributed by atoms with van der Waals surface area (Å²) in [5.41, 5.74) is 1.84. The summed E-state index contributed by atoms with van der Waals surface area (Å²) in [5.74, 6) is -1.92. The fourth-order valence-electron chi connectivity index (χ4n) is 1.67. The van der Waals surface area contributed by atoms with Gasteiger partial charge in [-0.1, -0.05) is 0 Å². The number of aromatic hydroxyl groups is 3. The molecule has 0 aliphatic carbocycles. The Morgan fingerprint density at radius 2 is 1.78 bits per heavy atom. The fourth-order valence-corrected chi connectivity index (χ4v) is 1.67. The lowest BCUT2D eigenvalue weighted by molar-refractivity contribution is -0.384. The number of hydrogen-bond acceptors (Lipinski definition) is 7. The maximum Gasteiger partial charge on any atom is 0.275 e. The standard InChI is InChI=1S/C14H11N3O6/c18-11-4-2-9(17(22)23)6-10(11)14(21)16-15-7-8-1-3-12(19)13(20)5-8/h1-7,18-20H,(H,16,21). The van der Waals surface area contributed by atoms with Crippen LogP contribution in [-0.2, 0) is 0 Å². The van der Waals surface area contributed by atoms with Gasteiger partial charge in [0.2, 0.25) is 0 Å². The average molecular weight is 317 g/mol. The zero-order valence-corrected chi connectivity index (χ0v) is 11.5. The van der Waals surface area contributed by atoms with Crippen molar-refractivity contribution in [3.63, 3.8) is 0 Å². The van der Waals surface area contributed by atoms with Gasteiger partial charge in [-0.05, 0) is 29.8 Å². The number of nitro benzene ring substituents is 1. The number of nitrogens with zero attached hydrogens (tertiary/aromatic N) is 2. The Bertz CT molecular complexity index is 803. The molecule has 1 amide bonds. The van der Waals surface area contributed by atoms with E-state index in [9.17, 15) is 25.1 Å². The minimum Gasteiger partial charge on any atom is -0.507 e. The van der Waals surface area contributed by atoms with Crippen LogP contribution in [-0.4, -0.2) is 32.4 Å². The number of nitro groups is 1. The van der Waals surface area contributed by atoms with Crippen molar-refractivity contribution in [3.05, 3.63) is 57.6 Å². The molecule has 2 aromatic rings. The normalized spacial score (nSPS) is 10.6. The molecule has 0 aliphatic heterocycles. The summed E-state index contributed by atoms with van der Waals surface area (Å²) >= 11 is 0. The van der Waals surface area contributed by atoms with Crippen LogP contribution in [0.3, 0.4) is 0 Å². The zero-order chi connectivity index (χ0) is 17.0. The number of hydrazone groups is 1. The van der Waals surface area contributed by atoms with Gasteiger partial charge in [-0.2, -0.15) is 5.10 Å². The van der Waals surface area contributed by atoms with Gasteiger partial charge in [0.1, 0.15) is 5.75 Å². The molecule has 4 N–H and O–H groups in total. The van der Waals surface area contributed by atoms with Gasteiger partial charge >= 0.3 is 0 Å². The highest BCUT2D eigenvalue weighted by atomic mass is 16.6. The second kappa shape index (κ2) is 6.43. The molecule has 0 fully saturated rings. The number of amides is 1. The molecule has 0 heterocycles. The van der Waals surface area contributed by atoms with Gasteiger partial charge < -0.3 is 15.3 Å². The predicted octanol–water partition coefficient (Wildman–Crippen LogP) is 1.48. The van der Waals surface area contributed by atoms with Crippen LogP contribution in [0, 0.1) is 10.1 Å². The van der Waals surface area contributed by atoms with Crippen LogP contribution in [0.5, 0.6) is 17.2 Å². The number of phenols is 3. The van der Waals surface area contributed by atoms with Crippen molar-refractivity contribution < 1.29 is 25.0 Å². The summed E-state index contributed by atoms with van der Waals surface area (Å²) in [5, 5.41) is 42.3. The molecule has 118 valence electrons. The summed E-state index contributed by atoms with van der Waals surface area (Å²) in [7, 11) is 0. The molecular formula is C14H11N3O6. The highest BCUT2D eigenvalue weighted by molar-refractivity contribution is 5.98. The number of benzene rings is 2. The number of carbonyl (C=O) groups is 1. The first-order valence-electron chi connectivity index (χ1n) is 6.21. The van der Waals surface area contributed by atoms with Crippen molar-refractivity contribution in [2.45, 2.75) is 0 Å². The third-order valence-electron chi connectivity index (χ3n) is 2.81. The van der Waals surface area contributed by atoms with E-state index in [1.165, 1.54) is 24.4 Å². The number of non-ortho nitro benzene ring substituents is 1. The van der Waals surface area contributed by atoms with E-state index in [0.717, 1.165) is 18.2 Å².